The van der Waals surface area contributed by atoms with Gasteiger partial charge in [0.2, 0.25) is 0 Å². The Morgan fingerprint density at radius 3 is 2.80 bits per heavy atom. The van der Waals surface area contributed by atoms with Crippen LogP contribution >= 0.6 is 0 Å². The Balaban J connectivity index is 2.25. The maximum absolute atomic E-state index is 13.7. The van der Waals surface area contributed by atoms with Crippen LogP contribution in [0.5, 0.6) is 0 Å². The average Bonchev–Trinajstić information content (AvgIpc) is 2.34. The summed E-state index contributed by atoms with van der Waals surface area (Å²) in [5.41, 5.74) is 1.62. The number of carboxylic acids is 1. The Kier molecular flexibility index (Phi) is 4.12. The maximum Gasteiger partial charge on any atom is 0.328 e. The van der Waals surface area contributed by atoms with E-state index in [1.165, 1.54) is 24.6 Å². The second kappa shape index (κ2) is 5.65. The molecule has 1 heterocycles. The predicted molar refractivity (Wildman–Crippen MR) is 78.3 cm³/mol. The highest BCUT2D eigenvalue weighted by Crippen LogP contribution is 2.32. The largest absolute Gasteiger partial charge is 0.478 e. The van der Waals surface area contributed by atoms with Gasteiger partial charge in [0.05, 0.1) is 0 Å². The molecular weight excluding hydrogens is 257 g/mol. The standard InChI is InChI=1S/C16H20FNO2/c1-16(2)6-3-7-18(11-16)14-9-12(4-5-15(19)20)8-13(17)10-14/h4-5,8-10H,3,6-7,11H2,1-2H3,(H,19,20)/b5-4+. The van der Waals surface area contributed by atoms with E-state index in [1.54, 1.807) is 0 Å². The molecule has 0 atom stereocenters. The molecule has 1 aliphatic heterocycles. The Morgan fingerprint density at radius 2 is 2.15 bits per heavy atom. The first-order valence-corrected chi connectivity index (χ1v) is 6.82. The summed E-state index contributed by atoms with van der Waals surface area (Å²) in [5, 5.41) is 8.64. The zero-order valence-corrected chi connectivity index (χ0v) is 11.9. The Bertz CT molecular complexity index is 537. The van der Waals surface area contributed by atoms with Crippen molar-refractivity contribution in [1.29, 1.82) is 0 Å². The predicted octanol–water partition coefficient (Wildman–Crippen LogP) is 3.55. The maximum atomic E-state index is 13.7. The molecule has 1 N–H and O–H groups in total. The summed E-state index contributed by atoms with van der Waals surface area (Å²) in [6, 6.07) is 4.70. The number of carboxylic acid groups (broad SMARTS) is 1. The van der Waals surface area contributed by atoms with Crippen LogP contribution in [-0.2, 0) is 4.79 Å². The molecular formula is C16H20FNO2. The number of carbonyl (C=O) groups is 1. The Labute approximate surface area is 118 Å². The van der Waals surface area contributed by atoms with E-state index in [9.17, 15) is 9.18 Å². The number of halogens is 1. The van der Waals surface area contributed by atoms with Gasteiger partial charge in [-0.05, 0) is 48.1 Å². The van der Waals surface area contributed by atoms with Gasteiger partial charge in [-0.1, -0.05) is 13.8 Å². The lowest BCUT2D eigenvalue weighted by Crippen LogP contribution is -2.40. The summed E-state index contributed by atoms with van der Waals surface area (Å²) in [5.74, 6) is -1.37. The summed E-state index contributed by atoms with van der Waals surface area (Å²) in [6.45, 7) is 6.22. The van der Waals surface area contributed by atoms with Crippen LogP contribution in [0.25, 0.3) is 6.08 Å². The third-order valence-corrected chi connectivity index (χ3v) is 3.59. The average molecular weight is 277 g/mol. The molecule has 1 saturated heterocycles. The third kappa shape index (κ3) is 3.83. The van der Waals surface area contributed by atoms with E-state index in [2.05, 4.69) is 18.7 Å². The highest BCUT2D eigenvalue weighted by molar-refractivity contribution is 5.85. The van der Waals surface area contributed by atoms with Crippen molar-refractivity contribution >= 4 is 17.7 Å². The highest BCUT2D eigenvalue weighted by Gasteiger charge is 2.26. The molecule has 0 amide bonds. The van der Waals surface area contributed by atoms with Crippen molar-refractivity contribution in [2.24, 2.45) is 5.41 Å². The molecule has 0 unspecified atom stereocenters. The molecule has 1 aromatic rings. The fourth-order valence-corrected chi connectivity index (χ4v) is 2.69. The summed E-state index contributed by atoms with van der Waals surface area (Å²) in [4.78, 5) is 12.7. The van der Waals surface area contributed by atoms with Crippen LogP contribution in [-0.4, -0.2) is 24.2 Å². The molecule has 20 heavy (non-hydrogen) atoms. The van der Waals surface area contributed by atoms with Crippen molar-refractivity contribution < 1.29 is 14.3 Å². The molecule has 0 saturated carbocycles. The van der Waals surface area contributed by atoms with Gasteiger partial charge in [-0.25, -0.2) is 9.18 Å². The van der Waals surface area contributed by atoms with Crippen molar-refractivity contribution in [2.45, 2.75) is 26.7 Å². The van der Waals surface area contributed by atoms with Gasteiger partial charge in [0.1, 0.15) is 5.82 Å². The molecule has 0 bridgehead atoms. The molecule has 108 valence electrons. The van der Waals surface area contributed by atoms with Gasteiger partial charge in [-0.15, -0.1) is 0 Å². The van der Waals surface area contributed by atoms with Crippen LogP contribution in [0.15, 0.2) is 24.3 Å². The van der Waals surface area contributed by atoms with Crippen LogP contribution in [0.3, 0.4) is 0 Å². The monoisotopic (exact) mass is 277 g/mol. The summed E-state index contributed by atoms with van der Waals surface area (Å²) in [6.07, 6.45) is 4.71. The zero-order valence-electron chi connectivity index (χ0n) is 11.9. The van der Waals surface area contributed by atoms with E-state index in [1.807, 2.05) is 6.07 Å². The normalized spacial score (nSPS) is 18.4. The lowest BCUT2D eigenvalue weighted by atomic mass is 9.84. The van der Waals surface area contributed by atoms with Gasteiger partial charge in [0.25, 0.3) is 0 Å². The molecule has 0 spiro atoms. The van der Waals surface area contributed by atoms with E-state index in [4.69, 9.17) is 5.11 Å². The number of anilines is 1. The summed E-state index contributed by atoms with van der Waals surface area (Å²) in [7, 11) is 0. The minimum absolute atomic E-state index is 0.224. The van der Waals surface area contributed by atoms with E-state index in [0.29, 0.717) is 5.56 Å². The molecule has 2 rings (SSSR count). The van der Waals surface area contributed by atoms with Gasteiger partial charge in [0, 0.05) is 24.9 Å². The fourth-order valence-electron chi connectivity index (χ4n) is 2.69. The molecule has 1 aliphatic rings. The Morgan fingerprint density at radius 1 is 1.40 bits per heavy atom. The van der Waals surface area contributed by atoms with Crippen molar-refractivity contribution in [3.8, 4) is 0 Å². The molecule has 1 fully saturated rings. The van der Waals surface area contributed by atoms with Gasteiger partial charge in [-0.2, -0.15) is 0 Å². The van der Waals surface area contributed by atoms with Gasteiger partial charge in [-0.3, -0.25) is 0 Å². The van der Waals surface area contributed by atoms with E-state index in [-0.39, 0.29) is 11.2 Å². The van der Waals surface area contributed by atoms with Crippen LogP contribution < -0.4 is 4.90 Å². The fraction of sp³-hybridized carbons (Fsp3) is 0.438. The zero-order chi connectivity index (χ0) is 14.8. The lowest BCUT2D eigenvalue weighted by molar-refractivity contribution is -0.131. The molecule has 4 heteroatoms. The molecule has 3 nitrogen and oxygen atoms in total. The minimum atomic E-state index is -1.03. The van der Waals surface area contributed by atoms with Crippen molar-refractivity contribution in [3.05, 3.63) is 35.7 Å². The Hall–Kier alpha value is -1.84. The van der Waals surface area contributed by atoms with Crippen molar-refractivity contribution in [3.63, 3.8) is 0 Å². The van der Waals surface area contributed by atoms with Crippen LogP contribution in [0, 0.1) is 11.2 Å². The highest BCUT2D eigenvalue weighted by atomic mass is 19.1. The molecule has 0 aromatic heterocycles. The van der Waals surface area contributed by atoms with Crippen molar-refractivity contribution in [2.75, 3.05) is 18.0 Å². The quantitative estimate of drug-likeness (QED) is 0.859. The number of nitrogens with zero attached hydrogens (tertiary/aromatic N) is 1. The topological polar surface area (TPSA) is 40.5 Å². The number of rotatable bonds is 3. The number of aliphatic carboxylic acids is 1. The van der Waals surface area contributed by atoms with E-state index >= 15 is 0 Å². The number of piperidine rings is 1. The molecule has 0 radical (unpaired) electrons. The van der Waals surface area contributed by atoms with Crippen LogP contribution in [0.4, 0.5) is 10.1 Å². The lowest BCUT2D eigenvalue weighted by Gasteiger charge is -2.39. The summed E-state index contributed by atoms with van der Waals surface area (Å²) < 4.78 is 13.7. The van der Waals surface area contributed by atoms with E-state index < -0.39 is 5.97 Å². The number of hydrogen-bond donors (Lipinski definition) is 1. The molecule has 1 aromatic carbocycles. The van der Waals surface area contributed by atoms with Gasteiger partial charge >= 0.3 is 5.97 Å². The molecule has 0 aliphatic carbocycles. The second-order valence-corrected chi connectivity index (χ2v) is 6.10. The smallest absolute Gasteiger partial charge is 0.328 e. The second-order valence-electron chi connectivity index (χ2n) is 6.10. The summed E-state index contributed by atoms with van der Waals surface area (Å²) >= 11 is 0. The number of hydrogen-bond acceptors (Lipinski definition) is 2. The SMILES string of the molecule is CC1(C)CCCN(c2cc(F)cc(/C=C/C(=O)O)c2)C1. The van der Waals surface area contributed by atoms with Crippen LogP contribution in [0.1, 0.15) is 32.3 Å². The first-order chi connectivity index (χ1) is 9.35. The van der Waals surface area contributed by atoms with E-state index in [0.717, 1.165) is 31.3 Å². The van der Waals surface area contributed by atoms with Gasteiger partial charge < -0.3 is 10.0 Å². The van der Waals surface area contributed by atoms with Crippen LogP contribution in [0.2, 0.25) is 0 Å². The minimum Gasteiger partial charge on any atom is -0.478 e. The van der Waals surface area contributed by atoms with Crippen molar-refractivity contribution in [1.82, 2.24) is 0 Å². The first kappa shape index (κ1) is 14.6. The number of benzene rings is 1. The van der Waals surface area contributed by atoms with Gasteiger partial charge in [0.15, 0.2) is 0 Å². The third-order valence-electron chi connectivity index (χ3n) is 3.59. The first-order valence-electron chi connectivity index (χ1n) is 6.82.